The molecule has 16 heavy (non-hydrogen) atoms. The molecule has 0 spiro atoms. The Morgan fingerprint density at radius 1 is 1.50 bits per heavy atom. The van der Waals surface area contributed by atoms with Crippen LogP contribution in [0.1, 0.15) is 18.9 Å². The van der Waals surface area contributed by atoms with Crippen molar-refractivity contribution in [1.82, 2.24) is 5.32 Å². The molecule has 1 atom stereocenters. The third kappa shape index (κ3) is 5.09. The fourth-order valence-electron chi connectivity index (χ4n) is 1.35. The van der Waals surface area contributed by atoms with Gasteiger partial charge in [0.25, 0.3) is 0 Å². The SMILES string of the molecule is CSCCC(C)NCc1ccc(Br)cc1Cl. The third-order valence-corrected chi connectivity index (χ3v) is 3.90. The van der Waals surface area contributed by atoms with Crippen LogP contribution in [0.15, 0.2) is 22.7 Å². The van der Waals surface area contributed by atoms with Crippen molar-refractivity contribution in [3.63, 3.8) is 0 Å². The van der Waals surface area contributed by atoms with Gasteiger partial charge in [-0.3, -0.25) is 0 Å². The zero-order valence-corrected chi connectivity index (χ0v) is 12.8. The topological polar surface area (TPSA) is 12.0 Å². The first-order chi connectivity index (χ1) is 7.63. The maximum atomic E-state index is 6.14. The predicted octanol–water partition coefficient (Wildman–Crippen LogP) is 4.33. The summed E-state index contributed by atoms with van der Waals surface area (Å²) in [4.78, 5) is 0. The summed E-state index contributed by atoms with van der Waals surface area (Å²) in [6.45, 7) is 3.05. The molecule has 0 heterocycles. The summed E-state index contributed by atoms with van der Waals surface area (Å²) in [5, 5.41) is 4.30. The van der Waals surface area contributed by atoms with Gasteiger partial charge in [-0.15, -0.1) is 0 Å². The van der Waals surface area contributed by atoms with Gasteiger partial charge >= 0.3 is 0 Å². The van der Waals surface area contributed by atoms with Crippen molar-refractivity contribution in [3.05, 3.63) is 33.3 Å². The third-order valence-electron chi connectivity index (χ3n) is 2.41. The van der Waals surface area contributed by atoms with Gasteiger partial charge in [-0.1, -0.05) is 33.6 Å². The molecule has 0 aromatic heterocycles. The fourth-order valence-corrected chi connectivity index (χ4v) is 2.68. The highest BCUT2D eigenvalue weighted by molar-refractivity contribution is 9.10. The van der Waals surface area contributed by atoms with Gasteiger partial charge in [0.1, 0.15) is 0 Å². The van der Waals surface area contributed by atoms with Crippen molar-refractivity contribution in [2.75, 3.05) is 12.0 Å². The lowest BCUT2D eigenvalue weighted by molar-refractivity contribution is 0.537. The Hall–Kier alpha value is 0.300. The second-order valence-corrected chi connectivity index (χ2v) is 6.11. The zero-order valence-electron chi connectivity index (χ0n) is 9.59. The first-order valence-corrected chi connectivity index (χ1v) is 7.86. The average Bonchev–Trinajstić information content (AvgIpc) is 2.25. The van der Waals surface area contributed by atoms with E-state index < -0.39 is 0 Å². The van der Waals surface area contributed by atoms with E-state index >= 15 is 0 Å². The molecule has 0 radical (unpaired) electrons. The summed E-state index contributed by atoms with van der Waals surface area (Å²) in [5.74, 6) is 1.20. The summed E-state index contributed by atoms with van der Waals surface area (Å²) in [6, 6.07) is 6.55. The van der Waals surface area contributed by atoms with Gasteiger partial charge in [-0.2, -0.15) is 11.8 Å². The molecule has 1 aromatic carbocycles. The second kappa shape index (κ2) is 7.59. The lowest BCUT2D eigenvalue weighted by Crippen LogP contribution is -2.26. The van der Waals surface area contributed by atoms with Gasteiger partial charge < -0.3 is 5.32 Å². The largest absolute Gasteiger partial charge is 0.310 e. The van der Waals surface area contributed by atoms with Gasteiger partial charge in [-0.05, 0) is 43.0 Å². The van der Waals surface area contributed by atoms with Crippen LogP contribution in [0.3, 0.4) is 0 Å². The highest BCUT2D eigenvalue weighted by Gasteiger charge is 2.04. The van der Waals surface area contributed by atoms with Crippen LogP contribution < -0.4 is 5.32 Å². The van der Waals surface area contributed by atoms with Gasteiger partial charge in [0.2, 0.25) is 0 Å². The number of thioether (sulfide) groups is 1. The van der Waals surface area contributed by atoms with E-state index in [1.54, 1.807) is 0 Å². The minimum atomic E-state index is 0.534. The van der Waals surface area contributed by atoms with E-state index in [1.807, 2.05) is 23.9 Å². The monoisotopic (exact) mass is 321 g/mol. The van der Waals surface area contributed by atoms with Gasteiger partial charge in [0.05, 0.1) is 0 Å². The summed E-state index contributed by atoms with van der Waals surface area (Å²) in [7, 11) is 0. The molecule has 0 saturated heterocycles. The highest BCUT2D eigenvalue weighted by atomic mass is 79.9. The molecule has 0 bridgehead atoms. The average molecular weight is 323 g/mol. The molecule has 0 aliphatic carbocycles. The summed E-state index contributed by atoms with van der Waals surface area (Å²) < 4.78 is 1.02. The molecular weight excluding hydrogens is 306 g/mol. The van der Waals surface area contributed by atoms with Crippen molar-refractivity contribution >= 4 is 39.3 Å². The Morgan fingerprint density at radius 3 is 2.88 bits per heavy atom. The molecule has 0 fully saturated rings. The van der Waals surface area contributed by atoms with Crippen LogP contribution in [0.4, 0.5) is 0 Å². The summed E-state index contributed by atoms with van der Waals surface area (Å²) in [6.07, 6.45) is 3.33. The van der Waals surface area contributed by atoms with Gasteiger partial charge in [0.15, 0.2) is 0 Å². The van der Waals surface area contributed by atoms with Crippen LogP contribution in [0.5, 0.6) is 0 Å². The smallest absolute Gasteiger partial charge is 0.0462 e. The quantitative estimate of drug-likeness (QED) is 0.836. The molecule has 1 aromatic rings. The molecule has 0 amide bonds. The minimum Gasteiger partial charge on any atom is -0.310 e. The van der Waals surface area contributed by atoms with E-state index in [-0.39, 0.29) is 0 Å². The maximum Gasteiger partial charge on any atom is 0.0462 e. The van der Waals surface area contributed by atoms with E-state index in [9.17, 15) is 0 Å². The molecular formula is C12H17BrClNS. The van der Waals surface area contributed by atoms with E-state index in [0.29, 0.717) is 6.04 Å². The predicted molar refractivity (Wildman–Crippen MR) is 78.5 cm³/mol. The van der Waals surface area contributed by atoms with Crippen LogP contribution >= 0.6 is 39.3 Å². The highest BCUT2D eigenvalue weighted by Crippen LogP contribution is 2.21. The first-order valence-electron chi connectivity index (χ1n) is 5.29. The Kier molecular flexibility index (Phi) is 6.81. The van der Waals surface area contributed by atoms with E-state index in [4.69, 9.17) is 11.6 Å². The minimum absolute atomic E-state index is 0.534. The Morgan fingerprint density at radius 2 is 2.25 bits per heavy atom. The van der Waals surface area contributed by atoms with Crippen LogP contribution in [0.25, 0.3) is 0 Å². The number of halogens is 2. The van der Waals surface area contributed by atoms with Crippen molar-refractivity contribution in [2.45, 2.75) is 25.9 Å². The first kappa shape index (κ1) is 14.4. The molecule has 0 saturated carbocycles. The zero-order chi connectivity index (χ0) is 12.0. The van der Waals surface area contributed by atoms with Crippen LogP contribution in [-0.2, 0) is 6.54 Å². The van der Waals surface area contributed by atoms with Crippen LogP contribution in [0.2, 0.25) is 5.02 Å². The number of hydrogen-bond acceptors (Lipinski definition) is 2. The molecule has 1 N–H and O–H groups in total. The normalized spacial score (nSPS) is 12.8. The maximum absolute atomic E-state index is 6.14. The van der Waals surface area contributed by atoms with E-state index in [1.165, 1.54) is 12.2 Å². The van der Waals surface area contributed by atoms with Crippen molar-refractivity contribution in [1.29, 1.82) is 0 Å². The number of hydrogen-bond donors (Lipinski definition) is 1. The summed E-state index contributed by atoms with van der Waals surface area (Å²) in [5.41, 5.74) is 1.15. The molecule has 1 nitrogen and oxygen atoms in total. The van der Waals surface area contributed by atoms with E-state index in [0.717, 1.165) is 21.6 Å². The van der Waals surface area contributed by atoms with Crippen molar-refractivity contribution in [2.24, 2.45) is 0 Å². The van der Waals surface area contributed by atoms with Crippen molar-refractivity contribution in [3.8, 4) is 0 Å². The molecule has 1 unspecified atom stereocenters. The lowest BCUT2D eigenvalue weighted by atomic mass is 10.2. The Bertz CT molecular complexity index is 333. The van der Waals surface area contributed by atoms with Crippen LogP contribution in [0, 0.1) is 0 Å². The number of benzene rings is 1. The molecule has 4 heteroatoms. The van der Waals surface area contributed by atoms with E-state index in [2.05, 4.69) is 40.5 Å². The standard InChI is InChI=1S/C12H17BrClNS/c1-9(5-6-16-2)15-8-10-3-4-11(13)7-12(10)14/h3-4,7,9,15H,5-6,8H2,1-2H3. The Balaban J connectivity index is 2.42. The molecule has 90 valence electrons. The van der Waals surface area contributed by atoms with Gasteiger partial charge in [0, 0.05) is 22.1 Å². The van der Waals surface area contributed by atoms with Crippen LogP contribution in [-0.4, -0.2) is 18.1 Å². The van der Waals surface area contributed by atoms with Crippen molar-refractivity contribution < 1.29 is 0 Å². The summed E-state index contributed by atoms with van der Waals surface area (Å²) >= 11 is 11.4. The second-order valence-electron chi connectivity index (χ2n) is 3.80. The number of rotatable bonds is 6. The Labute approximate surface area is 115 Å². The van der Waals surface area contributed by atoms with Gasteiger partial charge in [-0.25, -0.2) is 0 Å². The molecule has 0 aliphatic heterocycles. The molecule has 0 aliphatic rings. The molecule has 1 rings (SSSR count). The number of nitrogens with one attached hydrogen (secondary N) is 1. The fraction of sp³-hybridized carbons (Fsp3) is 0.500. The lowest BCUT2D eigenvalue weighted by Gasteiger charge is -2.13.